The van der Waals surface area contributed by atoms with Crippen LogP contribution in [-0.2, 0) is 17.9 Å². The molecule has 132 valence electrons. The summed E-state index contributed by atoms with van der Waals surface area (Å²) >= 11 is 0. The van der Waals surface area contributed by atoms with Gasteiger partial charge >= 0.3 is 0 Å². The highest BCUT2D eigenvalue weighted by Crippen LogP contribution is 2.16. The molecule has 0 aliphatic carbocycles. The molecule has 1 aliphatic rings. The lowest BCUT2D eigenvalue weighted by atomic mass is 10.0. The zero-order chi connectivity index (χ0) is 15.2. The SMILES string of the molecule is CC(N)C(C)C(=O)NCc1ccccc1CN1CCCC1.Cl.Cl. The van der Waals surface area contributed by atoms with Crippen molar-refractivity contribution in [2.24, 2.45) is 11.7 Å². The molecule has 0 radical (unpaired) electrons. The fourth-order valence-corrected chi connectivity index (χ4v) is 2.65. The van der Waals surface area contributed by atoms with Gasteiger partial charge in [-0.1, -0.05) is 31.2 Å². The molecular weight excluding hydrogens is 333 g/mol. The number of nitrogens with one attached hydrogen (secondary N) is 1. The highest BCUT2D eigenvalue weighted by atomic mass is 35.5. The van der Waals surface area contributed by atoms with Crippen LogP contribution in [-0.4, -0.2) is 29.9 Å². The molecule has 0 aromatic heterocycles. The van der Waals surface area contributed by atoms with Gasteiger partial charge in [-0.05, 0) is 44.0 Å². The molecule has 2 unspecified atom stereocenters. The average Bonchev–Trinajstić information content (AvgIpc) is 2.98. The highest BCUT2D eigenvalue weighted by Gasteiger charge is 2.17. The Hall–Kier alpha value is -0.810. The second-order valence-electron chi connectivity index (χ2n) is 6.12. The third kappa shape index (κ3) is 6.68. The van der Waals surface area contributed by atoms with Gasteiger partial charge in [0.05, 0.1) is 0 Å². The number of hydrogen-bond donors (Lipinski definition) is 2. The van der Waals surface area contributed by atoms with Crippen LogP contribution in [0.4, 0.5) is 0 Å². The molecule has 23 heavy (non-hydrogen) atoms. The monoisotopic (exact) mass is 361 g/mol. The lowest BCUT2D eigenvalue weighted by molar-refractivity contribution is -0.125. The number of amides is 1. The van der Waals surface area contributed by atoms with E-state index in [0.717, 1.165) is 6.54 Å². The molecular formula is C17H29Cl2N3O. The molecule has 1 heterocycles. The molecule has 2 atom stereocenters. The number of nitrogens with zero attached hydrogens (tertiary/aromatic N) is 1. The molecule has 6 heteroatoms. The second kappa shape index (κ2) is 10.9. The molecule has 1 aliphatic heterocycles. The van der Waals surface area contributed by atoms with Gasteiger partial charge in [-0.15, -0.1) is 24.8 Å². The van der Waals surface area contributed by atoms with E-state index >= 15 is 0 Å². The van der Waals surface area contributed by atoms with E-state index in [-0.39, 0.29) is 42.7 Å². The Kier molecular flexibility index (Phi) is 10.5. The maximum Gasteiger partial charge on any atom is 0.224 e. The molecule has 3 N–H and O–H groups in total. The van der Waals surface area contributed by atoms with E-state index in [1.165, 1.54) is 37.1 Å². The molecule has 1 aromatic rings. The number of benzene rings is 1. The van der Waals surface area contributed by atoms with Gasteiger partial charge in [0.1, 0.15) is 0 Å². The van der Waals surface area contributed by atoms with E-state index < -0.39 is 0 Å². The maximum absolute atomic E-state index is 12.0. The number of carbonyl (C=O) groups is 1. The number of likely N-dealkylation sites (tertiary alicyclic amines) is 1. The first-order chi connectivity index (χ1) is 10.1. The summed E-state index contributed by atoms with van der Waals surface area (Å²) in [5.41, 5.74) is 8.29. The van der Waals surface area contributed by atoms with Crippen LogP contribution in [0.3, 0.4) is 0 Å². The van der Waals surface area contributed by atoms with Crippen LogP contribution < -0.4 is 11.1 Å². The van der Waals surface area contributed by atoms with E-state index in [4.69, 9.17) is 5.73 Å². The Labute approximate surface area is 152 Å². The van der Waals surface area contributed by atoms with Gasteiger partial charge < -0.3 is 11.1 Å². The van der Waals surface area contributed by atoms with Crippen LogP contribution in [0.25, 0.3) is 0 Å². The summed E-state index contributed by atoms with van der Waals surface area (Å²) < 4.78 is 0. The van der Waals surface area contributed by atoms with Gasteiger partial charge in [0.15, 0.2) is 0 Å². The molecule has 1 amide bonds. The third-order valence-electron chi connectivity index (χ3n) is 4.37. The minimum atomic E-state index is -0.157. The number of rotatable bonds is 6. The molecule has 2 rings (SSSR count). The van der Waals surface area contributed by atoms with Crippen LogP contribution in [0, 0.1) is 5.92 Å². The summed E-state index contributed by atoms with van der Waals surface area (Å²) in [4.78, 5) is 14.5. The summed E-state index contributed by atoms with van der Waals surface area (Å²) in [6.45, 7) is 7.67. The first-order valence-electron chi connectivity index (χ1n) is 7.90. The number of halogens is 2. The van der Waals surface area contributed by atoms with Crippen molar-refractivity contribution in [3.05, 3.63) is 35.4 Å². The van der Waals surface area contributed by atoms with Crippen LogP contribution in [0.2, 0.25) is 0 Å². The van der Waals surface area contributed by atoms with Crippen molar-refractivity contribution in [1.82, 2.24) is 10.2 Å². The predicted octanol–water partition coefficient (Wildman–Crippen LogP) is 2.73. The predicted molar refractivity (Wildman–Crippen MR) is 100 cm³/mol. The second-order valence-corrected chi connectivity index (χ2v) is 6.12. The molecule has 4 nitrogen and oxygen atoms in total. The maximum atomic E-state index is 12.0. The number of hydrogen-bond acceptors (Lipinski definition) is 3. The normalized spacial score (nSPS) is 16.8. The smallest absolute Gasteiger partial charge is 0.224 e. The van der Waals surface area contributed by atoms with Crippen LogP contribution in [0.1, 0.15) is 37.8 Å². The third-order valence-corrected chi connectivity index (χ3v) is 4.37. The van der Waals surface area contributed by atoms with Gasteiger partial charge in [-0.2, -0.15) is 0 Å². The molecule has 1 fully saturated rings. The highest BCUT2D eigenvalue weighted by molar-refractivity contribution is 5.85. The van der Waals surface area contributed by atoms with Crippen molar-refractivity contribution in [3.63, 3.8) is 0 Å². The standard InChI is InChI=1S/C17H27N3O.2ClH/c1-13(14(2)18)17(21)19-11-15-7-3-4-8-16(15)12-20-9-5-6-10-20;;/h3-4,7-8,13-14H,5-6,9-12,18H2,1-2H3,(H,19,21);2*1H. The summed E-state index contributed by atoms with van der Waals surface area (Å²) in [6, 6.07) is 8.24. The van der Waals surface area contributed by atoms with Crippen molar-refractivity contribution in [1.29, 1.82) is 0 Å². The first kappa shape index (κ1) is 22.2. The Balaban J connectivity index is 0.00000242. The molecule has 0 bridgehead atoms. The summed E-state index contributed by atoms with van der Waals surface area (Å²) in [6.07, 6.45) is 2.59. The van der Waals surface area contributed by atoms with Crippen molar-refractivity contribution in [2.75, 3.05) is 13.1 Å². The molecule has 1 saturated heterocycles. The lowest BCUT2D eigenvalue weighted by Crippen LogP contribution is -2.38. The Morgan fingerprint density at radius 3 is 2.30 bits per heavy atom. The largest absolute Gasteiger partial charge is 0.352 e. The molecule has 0 spiro atoms. The van der Waals surface area contributed by atoms with Crippen molar-refractivity contribution in [2.45, 2.75) is 45.8 Å². The first-order valence-corrected chi connectivity index (χ1v) is 7.90. The minimum Gasteiger partial charge on any atom is -0.352 e. The van der Waals surface area contributed by atoms with Crippen molar-refractivity contribution < 1.29 is 4.79 Å². The van der Waals surface area contributed by atoms with Crippen molar-refractivity contribution in [3.8, 4) is 0 Å². The number of carbonyl (C=O) groups excluding carboxylic acids is 1. The van der Waals surface area contributed by atoms with Gasteiger partial charge in [0, 0.05) is 25.0 Å². The van der Waals surface area contributed by atoms with E-state index in [0.29, 0.717) is 6.54 Å². The zero-order valence-electron chi connectivity index (χ0n) is 14.0. The quantitative estimate of drug-likeness (QED) is 0.818. The van der Waals surface area contributed by atoms with Gasteiger partial charge in [0.2, 0.25) is 5.91 Å². The van der Waals surface area contributed by atoms with Crippen LogP contribution >= 0.6 is 24.8 Å². The van der Waals surface area contributed by atoms with E-state index in [1.807, 2.05) is 19.9 Å². The Morgan fingerprint density at radius 1 is 1.17 bits per heavy atom. The fraction of sp³-hybridized carbons (Fsp3) is 0.588. The van der Waals surface area contributed by atoms with E-state index in [9.17, 15) is 4.79 Å². The topological polar surface area (TPSA) is 58.4 Å². The van der Waals surface area contributed by atoms with Crippen LogP contribution in [0.5, 0.6) is 0 Å². The fourth-order valence-electron chi connectivity index (χ4n) is 2.65. The average molecular weight is 362 g/mol. The van der Waals surface area contributed by atoms with Gasteiger partial charge in [0.25, 0.3) is 0 Å². The van der Waals surface area contributed by atoms with E-state index in [2.05, 4.69) is 28.4 Å². The molecule has 0 saturated carbocycles. The Morgan fingerprint density at radius 2 is 1.74 bits per heavy atom. The lowest BCUT2D eigenvalue weighted by Gasteiger charge is -2.19. The molecule has 1 aromatic carbocycles. The van der Waals surface area contributed by atoms with Gasteiger partial charge in [-0.25, -0.2) is 0 Å². The summed E-state index contributed by atoms with van der Waals surface area (Å²) in [7, 11) is 0. The minimum absolute atomic E-state index is 0. The summed E-state index contributed by atoms with van der Waals surface area (Å²) in [5, 5.41) is 3.01. The van der Waals surface area contributed by atoms with Crippen molar-refractivity contribution >= 4 is 30.7 Å². The van der Waals surface area contributed by atoms with Crippen LogP contribution in [0.15, 0.2) is 24.3 Å². The Bertz CT molecular complexity index is 477. The zero-order valence-corrected chi connectivity index (χ0v) is 15.6. The van der Waals surface area contributed by atoms with Gasteiger partial charge in [-0.3, -0.25) is 9.69 Å². The summed E-state index contributed by atoms with van der Waals surface area (Å²) in [5.74, 6) is -0.128. The van der Waals surface area contributed by atoms with E-state index in [1.54, 1.807) is 0 Å². The number of nitrogens with two attached hydrogens (primary N) is 1.